The van der Waals surface area contributed by atoms with Gasteiger partial charge in [0.15, 0.2) is 5.76 Å². The molecule has 2 aromatic rings. The van der Waals surface area contributed by atoms with Gasteiger partial charge in [-0.05, 0) is 12.1 Å². The van der Waals surface area contributed by atoms with Crippen LogP contribution in [-0.4, -0.2) is 16.8 Å². The number of rotatable bonds is 2. The van der Waals surface area contributed by atoms with Crippen molar-refractivity contribution in [1.82, 2.24) is 5.16 Å². The number of halogens is 2. The lowest BCUT2D eigenvalue weighted by Gasteiger charge is -2.15. The molecule has 1 aliphatic rings. The molecule has 2 heterocycles. The predicted octanol–water partition coefficient (Wildman–Crippen LogP) is 2.71. The fourth-order valence-corrected chi connectivity index (χ4v) is 2.48. The molecule has 0 bridgehead atoms. The molecule has 1 aliphatic heterocycles. The SMILES string of the molecule is O=C1C(=O)N(Cc2ccno2)c2c(Cl)ccc(Cl)c21. The maximum absolute atomic E-state index is 12.0. The normalized spacial score (nSPS) is 14.1. The smallest absolute Gasteiger partial charge is 0.300 e. The Kier molecular flexibility index (Phi) is 2.80. The van der Waals surface area contributed by atoms with Crippen LogP contribution in [0.1, 0.15) is 16.1 Å². The van der Waals surface area contributed by atoms with E-state index in [0.717, 1.165) is 0 Å². The lowest BCUT2D eigenvalue weighted by atomic mass is 10.1. The van der Waals surface area contributed by atoms with E-state index in [-0.39, 0.29) is 22.2 Å². The van der Waals surface area contributed by atoms with E-state index in [1.807, 2.05) is 0 Å². The van der Waals surface area contributed by atoms with Gasteiger partial charge in [-0.15, -0.1) is 0 Å². The third kappa shape index (κ3) is 1.82. The minimum absolute atomic E-state index is 0.0810. The molecule has 0 saturated heterocycles. The van der Waals surface area contributed by atoms with Crippen molar-refractivity contribution >= 4 is 40.6 Å². The molecule has 7 heteroatoms. The summed E-state index contributed by atoms with van der Waals surface area (Å²) in [6, 6.07) is 4.64. The number of anilines is 1. The lowest BCUT2D eigenvalue weighted by Crippen LogP contribution is -2.29. The number of benzene rings is 1. The van der Waals surface area contributed by atoms with Gasteiger partial charge >= 0.3 is 0 Å². The number of Topliss-reactive ketones (excluding diaryl/α,β-unsaturated/α-hetero) is 1. The van der Waals surface area contributed by atoms with Gasteiger partial charge in [-0.25, -0.2) is 0 Å². The molecule has 0 spiro atoms. The molecule has 0 unspecified atom stereocenters. The lowest BCUT2D eigenvalue weighted by molar-refractivity contribution is -0.114. The van der Waals surface area contributed by atoms with Crippen LogP contribution in [0.15, 0.2) is 28.9 Å². The Balaban J connectivity index is 2.12. The van der Waals surface area contributed by atoms with Crippen molar-refractivity contribution in [2.75, 3.05) is 4.90 Å². The fraction of sp³-hybridized carbons (Fsp3) is 0.0833. The Bertz CT molecular complexity index is 683. The predicted molar refractivity (Wildman–Crippen MR) is 68.5 cm³/mol. The second kappa shape index (κ2) is 4.36. The molecular formula is C12H6Cl2N2O3. The Hall–Kier alpha value is -1.85. The highest BCUT2D eigenvalue weighted by Crippen LogP contribution is 2.40. The molecule has 0 aliphatic carbocycles. The van der Waals surface area contributed by atoms with E-state index in [4.69, 9.17) is 27.7 Å². The van der Waals surface area contributed by atoms with Crippen molar-refractivity contribution < 1.29 is 14.1 Å². The Labute approximate surface area is 117 Å². The molecule has 0 saturated carbocycles. The summed E-state index contributed by atoms with van der Waals surface area (Å²) in [5, 5.41) is 4.04. The monoisotopic (exact) mass is 296 g/mol. The van der Waals surface area contributed by atoms with Crippen molar-refractivity contribution in [3.8, 4) is 0 Å². The molecule has 0 N–H and O–H groups in total. The van der Waals surface area contributed by atoms with E-state index in [9.17, 15) is 9.59 Å². The number of amides is 1. The van der Waals surface area contributed by atoms with E-state index in [1.54, 1.807) is 12.1 Å². The number of carbonyl (C=O) groups excluding carboxylic acids is 2. The van der Waals surface area contributed by atoms with Crippen LogP contribution < -0.4 is 4.90 Å². The zero-order valence-corrected chi connectivity index (χ0v) is 10.9. The first-order chi connectivity index (χ1) is 9.09. The summed E-state index contributed by atoms with van der Waals surface area (Å²) in [6.45, 7) is 0.0810. The summed E-state index contributed by atoms with van der Waals surface area (Å²) in [7, 11) is 0. The van der Waals surface area contributed by atoms with Gasteiger partial charge < -0.3 is 4.52 Å². The summed E-state index contributed by atoms with van der Waals surface area (Å²) in [5.74, 6) is -0.895. The maximum atomic E-state index is 12.0. The summed E-state index contributed by atoms with van der Waals surface area (Å²) < 4.78 is 4.93. The van der Waals surface area contributed by atoms with E-state index >= 15 is 0 Å². The van der Waals surface area contributed by atoms with Crippen LogP contribution in [0.5, 0.6) is 0 Å². The average molecular weight is 297 g/mol. The molecular weight excluding hydrogens is 291 g/mol. The third-order valence-corrected chi connectivity index (χ3v) is 3.44. The van der Waals surface area contributed by atoms with Crippen LogP contribution >= 0.6 is 23.2 Å². The molecule has 1 aromatic carbocycles. The highest BCUT2D eigenvalue weighted by molar-refractivity contribution is 6.56. The highest BCUT2D eigenvalue weighted by Gasteiger charge is 2.39. The summed E-state index contributed by atoms with van der Waals surface area (Å²) in [4.78, 5) is 25.2. The Morgan fingerprint density at radius 2 is 1.89 bits per heavy atom. The molecule has 96 valence electrons. The minimum atomic E-state index is -0.679. The third-order valence-electron chi connectivity index (χ3n) is 2.82. The van der Waals surface area contributed by atoms with E-state index in [0.29, 0.717) is 11.4 Å². The van der Waals surface area contributed by atoms with Crippen LogP contribution in [0, 0.1) is 0 Å². The molecule has 1 amide bonds. The van der Waals surface area contributed by atoms with Gasteiger partial charge in [-0.2, -0.15) is 0 Å². The van der Waals surface area contributed by atoms with Gasteiger partial charge in [0.1, 0.15) is 0 Å². The number of aromatic nitrogens is 1. The van der Waals surface area contributed by atoms with Crippen molar-refractivity contribution in [3.05, 3.63) is 45.8 Å². The van der Waals surface area contributed by atoms with Crippen LogP contribution in [0.4, 0.5) is 5.69 Å². The number of hydrogen-bond acceptors (Lipinski definition) is 4. The topological polar surface area (TPSA) is 63.4 Å². The van der Waals surface area contributed by atoms with Gasteiger partial charge in [-0.1, -0.05) is 28.4 Å². The number of nitrogens with zero attached hydrogens (tertiary/aromatic N) is 2. The maximum Gasteiger partial charge on any atom is 0.300 e. The molecule has 0 fully saturated rings. The first-order valence-electron chi connectivity index (χ1n) is 5.33. The van der Waals surface area contributed by atoms with Crippen molar-refractivity contribution in [2.45, 2.75) is 6.54 Å². The summed E-state index contributed by atoms with van der Waals surface area (Å²) in [5.41, 5.74) is 0.458. The van der Waals surface area contributed by atoms with Crippen molar-refractivity contribution in [1.29, 1.82) is 0 Å². The minimum Gasteiger partial charge on any atom is -0.359 e. The average Bonchev–Trinajstić information content (AvgIpc) is 2.97. The van der Waals surface area contributed by atoms with Gasteiger partial charge in [0.05, 0.1) is 34.0 Å². The van der Waals surface area contributed by atoms with E-state index in [1.165, 1.54) is 17.2 Å². The number of hydrogen-bond donors (Lipinski definition) is 0. The molecule has 3 rings (SSSR count). The quantitative estimate of drug-likeness (QED) is 0.799. The second-order valence-electron chi connectivity index (χ2n) is 3.95. The van der Waals surface area contributed by atoms with Crippen LogP contribution in [-0.2, 0) is 11.3 Å². The van der Waals surface area contributed by atoms with Crippen LogP contribution in [0.2, 0.25) is 10.0 Å². The number of carbonyl (C=O) groups is 2. The summed E-state index contributed by atoms with van der Waals surface area (Å²) >= 11 is 12.0. The van der Waals surface area contributed by atoms with E-state index in [2.05, 4.69) is 5.16 Å². The fourth-order valence-electron chi connectivity index (χ4n) is 1.98. The number of fused-ring (bicyclic) bond motifs is 1. The van der Waals surface area contributed by atoms with Crippen LogP contribution in [0.3, 0.4) is 0 Å². The molecule has 0 atom stereocenters. The Morgan fingerprint density at radius 1 is 1.16 bits per heavy atom. The van der Waals surface area contributed by atoms with Gasteiger partial charge in [0, 0.05) is 6.07 Å². The zero-order chi connectivity index (χ0) is 13.6. The first-order valence-corrected chi connectivity index (χ1v) is 6.09. The molecule has 1 aromatic heterocycles. The van der Waals surface area contributed by atoms with Gasteiger partial charge in [0.2, 0.25) is 0 Å². The highest BCUT2D eigenvalue weighted by atomic mass is 35.5. The first kappa shape index (κ1) is 12.2. The Morgan fingerprint density at radius 3 is 2.58 bits per heavy atom. The standard InChI is InChI=1S/C12H6Cl2N2O3/c13-7-1-2-8(14)10-9(7)11(17)12(18)16(10)5-6-3-4-15-19-6/h1-4H,5H2. The molecule has 19 heavy (non-hydrogen) atoms. The zero-order valence-electron chi connectivity index (χ0n) is 9.39. The van der Waals surface area contributed by atoms with Crippen molar-refractivity contribution in [2.24, 2.45) is 0 Å². The summed E-state index contributed by atoms with van der Waals surface area (Å²) in [6.07, 6.45) is 1.46. The van der Waals surface area contributed by atoms with Crippen LogP contribution in [0.25, 0.3) is 0 Å². The molecule has 0 radical (unpaired) electrons. The van der Waals surface area contributed by atoms with Gasteiger partial charge in [-0.3, -0.25) is 14.5 Å². The second-order valence-corrected chi connectivity index (χ2v) is 4.77. The van der Waals surface area contributed by atoms with E-state index < -0.39 is 11.7 Å². The molecule has 5 nitrogen and oxygen atoms in total. The number of ketones is 1. The van der Waals surface area contributed by atoms with Crippen molar-refractivity contribution in [3.63, 3.8) is 0 Å². The van der Waals surface area contributed by atoms with Gasteiger partial charge in [0.25, 0.3) is 11.7 Å². The largest absolute Gasteiger partial charge is 0.359 e.